The molecule has 0 aromatic rings. The molecule has 0 amide bonds. The summed E-state index contributed by atoms with van der Waals surface area (Å²) in [6, 6.07) is 0.647. The third kappa shape index (κ3) is 1.63. The van der Waals surface area contributed by atoms with E-state index in [1.807, 2.05) is 0 Å². The van der Waals surface area contributed by atoms with Crippen LogP contribution < -0.4 is 5.73 Å². The summed E-state index contributed by atoms with van der Waals surface area (Å²) in [5.74, 6) is 0. The van der Waals surface area contributed by atoms with Crippen LogP contribution in [0.4, 0.5) is 0 Å². The van der Waals surface area contributed by atoms with Crippen LogP contribution in [0.2, 0.25) is 0 Å². The van der Waals surface area contributed by atoms with Gasteiger partial charge in [-0.15, -0.1) is 0 Å². The highest BCUT2D eigenvalue weighted by Gasteiger charge is 2.29. The molecule has 2 aliphatic rings. The molecule has 3 heteroatoms. The molecule has 3 nitrogen and oxygen atoms in total. The molecule has 0 saturated carbocycles. The van der Waals surface area contributed by atoms with Crippen LogP contribution in [0, 0.1) is 0 Å². The molecule has 70 valence electrons. The molecular formula is C9H18N2O. The van der Waals surface area contributed by atoms with Crippen LogP contribution in [-0.4, -0.2) is 43.3 Å². The van der Waals surface area contributed by atoms with E-state index in [9.17, 15) is 0 Å². The highest BCUT2D eigenvalue weighted by Crippen LogP contribution is 2.20. The standard InChI is InChI=1S/C9H18N2O/c10-6-8-3-4-11(8)7-9-2-1-5-12-9/h8-9H,1-7,10H2. The summed E-state index contributed by atoms with van der Waals surface area (Å²) in [6.07, 6.45) is 4.27. The van der Waals surface area contributed by atoms with Crippen molar-refractivity contribution in [3.8, 4) is 0 Å². The average Bonchev–Trinajstić information content (AvgIpc) is 2.51. The van der Waals surface area contributed by atoms with Gasteiger partial charge in [0.25, 0.3) is 0 Å². The number of likely N-dealkylation sites (tertiary alicyclic amines) is 1. The first-order valence-corrected chi connectivity index (χ1v) is 4.96. The van der Waals surface area contributed by atoms with Gasteiger partial charge >= 0.3 is 0 Å². The molecule has 0 aromatic carbocycles. The van der Waals surface area contributed by atoms with E-state index in [0.717, 1.165) is 19.7 Å². The van der Waals surface area contributed by atoms with E-state index in [1.165, 1.54) is 25.8 Å². The summed E-state index contributed by atoms with van der Waals surface area (Å²) in [7, 11) is 0. The van der Waals surface area contributed by atoms with Gasteiger partial charge in [0.2, 0.25) is 0 Å². The quantitative estimate of drug-likeness (QED) is 0.657. The largest absolute Gasteiger partial charge is 0.377 e. The maximum atomic E-state index is 5.62. The second kappa shape index (κ2) is 3.73. The summed E-state index contributed by atoms with van der Waals surface area (Å²) < 4.78 is 5.57. The Morgan fingerprint density at radius 3 is 2.83 bits per heavy atom. The lowest BCUT2D eigenvalue weighted by atomic mass is 10.0. The Balaban J connectivity index is 1.71. The molecule has 0 radical (unpaired) electrons. The van der Waals surface area contributed by atoms with Gasteiger partial charge in [0.15, 0.2) is 0 Å². The van der Waals surface area contributed by atoms with Crippen molar-refractivity contribution in [2.45, 2.75) is 31.4 Å². The normalized spacial score (nSPS) is 36.8. The van der Waals surface area contributed by atoms with Gasteiger partial charge in [0.05, 0.1) is 6.10 Å². The van der Waals surface area contributed by atoms with Gasteiger partial charge in [0.1, 0.15) is 0 Å². The van der Waals surface area contributed by atoms with Crippen LogP contribution >= 0.6 is 0 Å². The molecule has 2 aliphatic heterocycles. The number of nitrogens with two attached hydrogens (primary N) is 1. The van der Waals surface area contributed by atoms with Crippen LogP contribution in [-0.2, 0) is 4.74 Å². The Morgan fingerprint density at radius 2 is 2.33 bits per heavy atom. The van der Waals surface area contributed by atoms with Crippen LogP contribution in [0.5, 0.6) is 0 Å². The summed E-state index contributed by atoms with van der Waals surface area (Å²) in [5.41, 5.74) is 5.62. The lowest BCUT2D eigenvalue weighted by Gasteiger charge is -2.41. The Hall–Kier alpha value is -0.120. The van der Waals surface area contributed by atoms with Gasteiger partial charge in [-0.3, -0.25) is 4.90 Å². The van der Waals surface area contributed by atoms with Gasteiger partial charge in [-0.1, -0.05) is 0 Å². The smallest absolute Gasteiger partial charge is 0.0702 e. The molecular weight excluding hydrogens is 152 g/mol. The van der Waals surface area contributed by atoms with Crippen molar-refractivity contribution in [3.05, 3.63) is 0 Å². The summed E-state index contributed by atoms with van der Waals surface area (Å²) in [6.45, 7) is 4.11. The molecule has 2 N–H and O–H groups in total. The average molecular weight is 170 g/mol. The number of rotatable bonds is 3. The Bertz CT molecular complexity index is 143. The SMILES string of the molecule is NCC1CCN1CC1CCCO1. The predicted molar refractivity (Wildman–Crippen MR) is 48.0 cm³/mol. The maximum Gasteiger partial charge on any atom is 0.0702 e. The Labute approximate surface area is 73.9 Å². The maximum absolute atomic E-state index is 5.62. The van der Waals surface area contributed by atoms with E-state index in [1.54, 1.807) is 0 Å². The minimum atomic E-state index is 0.499. The van der Waals surface area contributed by atoms with E-state index in [4.69, 9.17) is 10.5 Å². The van der Waals surface area contributed by atoms with Crippen molar-refractivity contribution in [2.24, 2.45) is 5.73 Å². The number of nitrogens with zero attached hydrogens (tertiary/aromatic N) is 1. The molecule has 2 fully saturated rings. The Kier molecular flexibility index (Phi) is 2.63. The molecule has 2 atom stereocenters. The second-order valence-electron chi connectivity index (χ2n) is 3.81. The minimum absolute atomic E-state index is 0.499. The van der Waals surface area contributed by atoms with Crippen LogP contribution in [0.15, 0.2) is 0 Å². The number of ether oxygens (including phenoxy) is 1. The lowest BCUT2D eigenvalue weighted by Crippen LogP contribution is -2.53. The monoisotopic (exact) mass is 170 g/mol. The highest BCUT2D eigenvalue weighted by atomic mass is 16.5. The summed E-state index contributed by atoms with van der Waals surface area (Å²) in [4.78, 5) is 2.45. The third-order valence-electron chi connectivity index (χ3n) is 3.00. The summed E-state index contributed by atoms with van der Waals surface area (Å²) >= 11 is 0. The number of hydrogen-bond donors (Lipinski definition) is 1. The Morgan fingerprint density at radius 1 is 1.42 bits per heavy atom. The van der Waals surface area contributed by atoms with Gasteiger partial charge < -0.3 is 10.5 Å². The van der Waals surface area contributed by atoms with Crippen LogP contribution in [0.1, 0.15) is 19.3 Å². The van der Waals surface area contributed by atoms with Crippen LogP contribution in [0.25, 0.3) is 0 Å². The molecule has 0 aromatic heterocycles. The minimum Gasteiger partial charge on any atom is -0.377 e. The van der Waals surface area contributed by atoms with Crippen molar-refractivity contribution in [3.63, 3.8) is 0 Å². The fourth-order valence-electron chi connectivity index (χ4n) is 2.05. The summed E-state index contributed by atoms with van der Waals surface area (Å²) in [5, 5.41) is 0. The molecule has 2 rings (SSSR count). The second-order valence-corrected chi connectivity index (χ2v) is 3.81. The van der Waals surface area contributed by atoms with E-state index in [-0.39, 0.29) is 0 Å². The van der Waals surface area contributed by atoms with Crippen molar-refractivity contribution < 1.29 is 4.74 Å². The van der Waals surface area contributed by atoms with E-state index in [0.29, 0.717) is 12.1 Å². The molecule has 0 spiro atoms. The predicted octanol–water partition coefficient (Wildman–Crippen LogP) is 0.198. The van der Waals surface area contributed by atoms with Gasteiger partial charge in [-0.25, -0.2) is 0 Å². The van der Waals surface area contributed by atoms with Crippen LogP contribution in [0.3, 0.4) is 0 Å². The van der Waals surface area contributed by atoms with Gasteiger partial charge in [0, 0.05) is 32.3 Å². The highest BCUT2D eigenvalue weighted by molar-refractivity contribution is 4.85. The third-order valence-corrected chi connectivity index (χ3v) is 3.00. The van der Waals surface area contributed by atoms with E-state index in [2.05, 4.69) is 4.90 Å². The van der Waals surface area contributed by atoms with Crippen molar-refractivity contribution in [1.82, 2.24) is 4.90 Å². The first-order valence-electron chi connectivity index (χ1n) is 4.96. The van der Waals surface area contributed by atoms with Crippen molar-refractivity contribution in [1.29, 1.82) is 0 Å². The number of hydrogen-bond acceptors (Lipinski definition) is 3. The lowest BCUT2D eigenvalue weighted by molar-refractivity contribution is 0.0197. The first-order chi connectivity index (χ1) is 5.90. The fraction of sp³-hybridized carbons (Fsp3) is 1.00. The zero-order chi connectivity index (χ0) is 8.39. The molecule has 12 heavy (non-hydrogen) atoms. The fourth-order valence-corrected chi connectivity index (χ4v) is 2.05. The topological polar surface area (TPSA) is 38.5 Å². The molecule has 2 heterocycles. The zero-order valence-corrected chi connectivity index (χ0v) is 7.54. The van der Waals surface area contributed by atoms with Crippen molar-refractivity contribution >= 4 is 0 Å². The van der Waals surface area contributed by atoms with Gasteiger partial charge in [-0.2, -0.15) is 0 Å². The molecule has 2 unspecified atom stereocenters. The van der Waals surface area contributed by atoms with E-state index < -0.39 is 0 Å². The first kappa shape index (κ1) is 8.48. The van der Waals surface area contributed by atoms with E-state index >= 15 is 0 Å². The molecule has 2 saturated heterocycles. The van der Waals surface area contributed by atoms with Gasteiger partial charge in [-0.05, 0) is 19.3 Å². The zero-order valence-electron chi connectivity index (χ0n) is 7.54. The molecule has 0 aliphatic carbocycles. The molecule has 0 bridgehead atoms. The van der Waals surface area contributed by atoms with Crippen molar-refractivity contribution in [2.75, 3.05) is 26.2 Å².